The van der Waals surface area contributed by atoms with Crippen molar-refractivity contribution in [2.24, 2.45) is 0 Å². The van der Waals surface area contributed by atoms with E-state index in [0.717, 1.165) is 6.07 Å². The molecule has 3 aromatic rings. The van der Waals surface area contributed by atoms with E-state index in [0.29, 0.717) is 16.0 Å². The fourth-order valence-electron chi connectivity index (χ4n) is 2.80. The number of methoxy groups -OCH3 is 1. The van der Waals surface area contributed by atoms with Crippen LogP contribution in [0.4, 0.5) is 4.39 Å². The molecule has 1 unspecified atom stereocenters. The summed E-state index contributed by atoms with van der Waals surface area (Å²) in [7, 11) is 2.94. The second kappa shape index (κ2) is 7.22. The molecule has 26 heavy (non-hydrogen) atoms. The molecule has 136 valence electrons. The Bertz CT molecular complexity index is 1020. The third-order valence-electron chi connectivity index (χ3n) is 3.92. The van der Waals surface area contributed by atoms with E-state index in [4.69, 9.17) is 4.74 Å². The predicted molar refractivity (Wildman–Crippen MR) is 95.0 cm³/mol. The van der Waals surface area contributed by atoms with Crippen LogP contribution in [0.1, 0.15) is 17.4 Å². The minimum Gasteiger partial charge on any atom is -0.496 e. The van der Waals surface area contributed by atoms with E-state index >= 15 is 0 Å². The van der Waals surface area contributed by atoms with Gasteiger partial charge < -0.3 is 14.8 Å². The Morgan fingerprint density at radius 3 is 2.92 bits per heavy atom. The van der Waals surface area contributed by atoms with Crippen LogP contribution in [0.3, 0.4) is 0 Å². The van der Waals surface area contributed by atoms with E-state index in [2.05, 4.69) is 9.97 Å². The molecular formula is C17H16FN3O4S. The number of carbonyl (C=O) groups is 1. The molecule has 2 N–H and O–H groups in total. The molecule has 0 spiro atoms. The molecule has 0 radical (unpaired) electrons. The fraction of sp³-hybridized carbons (Fsp3) is 0.235. The fourth-order valence-corrected chi connectivity index (χ4v) is 3.53. The summed E-state index contributed by atoms with van der Waals surface area (Å²) in [4.78, 5) is 32.4. The second-order valence-electron chi connectivity index (χ2n) is 5.69. The molecule has 0 saturated heterocycles. The summed E-state index contributed by atoms with van der Waals surface area (Å²) in [6, 6.07) is 4.26. The molecule has 0 aliphatic heterocycles. The number of fused-ring (bicyclic) bond motifs is 1. The second-order valence-corrected chi connectivity index (χ2v) is 6.61. The van der Waals surface area contributed by atoms with Gasteiger partial charge in [0.05, 0.1) is 19.2 Å². The van der Waals surface area contributed by atoms with Crippen LogP contribution in [0, 0.1) is 5.82 Å². The normalized spacial score (nSPS) is 12.5. The Balaban J connectivity index is 1.96. The molecule has 3 rings (SSSR count). The largest absolute Gasteiger partial charge is 0.496 e. The van der Waals surface area contributed by atoms with Crippen LogP contribution < -0.4 is 10.3 Å². The zero-order chi connectivity index (χ0) is 18.8. The highest BCUT2D eigenvalue weighted by atomic mass is 32.1. The summed E-state index contributed by atoms with van der Waals surface area (Å²) in [6.45, 7) is 0.0532. The molecule has 0 aliphatic carbocycles. The van der Waals surface area contributed by atoms with E-state index in [1.807, 2.05) is 0 Å². The molecule has 9 heteroatoms. The molecule has 2 heterocycles. The number of nitrogens with zero attached hydrogens (tertiary/aromatic N) is 2. The number of H-pyrrole nitrogens is 1. The minimum absolute atomic E-state index is 0.0532. The van der Waals surface area contributed by atoms with Crippen molar-refractivity contribution in [3.8, 4) is 5.75 Å². The summed E-state index contributed by atoms with van der Waals surface area (Å²) in [6.07, 6.45) is 0. The minimum atomic E-state index is -1.18. The van der Waals surface area contributed by atoms with Crippen molar-refractivity contribution in [2.75, 3.05) is 14.2 Å². The number of halogens is 1. The van der Waals surface area contributed by atoms with E-state index in [1.54, 1.807) is 18.5 Å². The Hall–Kier alpha value is -2.78. The molecule has 0 fully saturated rings. The molecule has 1 aromatic carbocycles. The number of carboxylic acid groups (broad SMARTS) is 1. The van der Waals surface area contributed by atoms with Crippen molar-refractivity contribution in [1.29, 1.82) is 0 Å². The van der Waals surface area contributed by atoms with Gasteiger partial charge in [0.25, 0.3) is 5.56 Å². The van der Waals surface area contributed by atoms with Crippen molar-refractivity contribution in [3.05, 3.63) is 57.2 Å². The maximum absolute atomic E-state index is 13.7. The standard InChI is InChI=1S/C17H16FN3O4S/c1-21(8-13-19-11-5-6-26-15(11)16(22)20-13)14(17(23)24)10-7-9(18)3-4-12(10)25-2/h3-7,14H,8H2,1-2H3,(H,23,24)(H,19,20,22). The van der Waals surface area contributed by atoms with Gasteiger partial charge in [-0.05, 0) is 36.7 Å². The Labute approximate surface area is 151 Å². The number of rotatable bonds is 6. The first-order chi connectivity index (χ1) is 12.4. The SMILES string of the molecule is COc1ccc(F)cc1C(C(=O)O)N(C)Cc1nc2ccsc2c(=O)[nH]1. The maximum atomic E-state index is 13.7. The van der Waals surface area contributed by atoms with E-state index < -0.39 is 17.8 Å². The Morgan fingerprint density at radius 2 is 2.23 bits per heavy atom. The number of hydrogen-bond acceptors (Lipinski definition) is 6. The van der Waals surface area contributed by atoms with Crippen molar-refractivity contribution >= 4 is 27.5 Å². The summed E-state index contributed by atoms with van der Waals surface area (Å²) in [5, 5.41) is 11.4. The summed E-state index contributed by atoms with van der Waals surface area (Å²) < 4.78 is 19.3. The molecule has 2 aromatic heterocycles. The van der Waals surface area contributed by atoms with Crippen LogP contribution in [-0.4, -0.2) is 40.1 Å². The van der Waals surface area contributed by atoms with E-state index in [1.165, 1.54) is 35.5 Å². The summed E-state index contributed by atoms with van der Waals surface area (Å²) >= 11 is 1.28. The van der Waals surface area contributed by atoms with Gasteiger partial charge in [0.15, 0.2) is 0 Å². The number of nitrogens with one attached hydrogen (secondary N) is 1. The van der Waals surface area contributed by atoms with Crippen LogP contribution in [0.5, 0.6) is 5.75 Å². The van der Waals surface area contributed by atoms with Gasteiger partial charge in [0.1, 0.15) is 28.1 Å². The number of hydrogen-bond donors (Lipinski definition) is 2. The topological polar surface area (TPSA) is 95.5 Å². The van der Waals surface area contributed by atoms with E-state index in [9.17, 15) is 19.1 Å². The average Bonchev–Trinajstić information content (AvgIpc) is 3.04. The number of aliphatic carboxylic acids is 1. The Kier molecular flexibility index (Phi) is 5.01. The van der Waals surface area contributed by atoms with Gasteiger partial charge in [-0.1, -0.05) is 0 Å². The van der Waals surface area contributed by atoms with Gasteiger partial charge in [-0.15, -0.1) is 11.3 Å². The highest BCUT2D eigenvalue weighted by Gasteiger charge is 2.29. The highest BCUT2D eigenvalue weighted by molar-refractivity contribution is 7.17. The van der Waals surface area contributed by atoms with Gasteiger partial charge in [-0.3, -0.25) is 14.5 Å². The third-order valence-corrected chi connectivity index (χ3v) is 4.83. The molecular weight excluding hydrogens is 361 g/mol. The predicted octanol–water partition coefficient (Wildman–Crippen LogP) is 2.39. The number of thiophene rings is 1. The third kappa shape index (κ3) is 3.44. The van der Waals surface area contributed by atoms with Gasteiger partial charge in [0.2, 0.25) is 0 Å². The zero-order valence-electron chi connectivity index (χ0n) is 14.0. The van der Waals surface area contributed by atoms with Crippen molar-refractivity contribution in [1.82, 2.24) is 14.9 Å². The first-order valence-corrected chi connectivity index (χ1v) is 8.51. The lowest BCUT2D eigenvalue weighted by atomic mass is 10.0. The molecule has 0 amide bonds. The zero-order valence-corrected chi connectivity index (χ0v) is 14.8. The maximum Gasteiger partial charge on any atom is 0.325 e. The first kappa shape index (κ1) is 18.0. The van der Waals surface area contributed by atoms with Crippen LogP contribution in [0.25, 0.3) is 10.2 Å². The molecule has 7 nitrogen and oxygen atoms in total. The number of likely N-dealkylation sites (N-methyl/N-ethyl adjacent to an activating group) is 1. The molecule has 0 bridgehead atoms. The van der Waals surface area contributed by atoms with Crippen LogP contribution >= 0.6 is 11.3 Å². The van der Waals surface area contributed by atoms with Crippen molar-refractivity contribution < 1.29 is 19.0 Å². The molecule has 0 saturated carbocycles. The van der Waals surface area contributed by atoms with Crippen LogP contribution in [-0.2, 0) is 11.3 Å². The monoisotopic (exact) mass is 377 g/mol. The van der Waals surface area contributed by atoms with Crippen LogP contribution in [0.15, 0.2) is 34.4 Å². The summed E-state index contributed by atoms with van der Waals surface area (Å²) in [5.41, 5.74) is 0.461. The lowest BCUT2D eigenvalue weighted by Crippen LogP contribution is -2.32. The smallest absolute Gasteiger partial charge is 0.325 e. The van der Waals surface area contributed by atoms with E-state index in [-0.39, 0.29) is 23.4 Å². The van der Waals surface area contributed by atoms with Gasteiger partial charge in [-0.25, -0.2) is 9.37 Å². The molecule has 1 atom stereocenters. The van der Waals surface area contributed by atoms with Gasteiger partial charge >= 0.3 is 5.97 Å². The lowest BCUT2D eigenvalue weighted by Gasteiger charge is -2.25. The summed E-state index contributed by atoms with van der Waals surface area (Å²) in [5.74, 6) is -1.15. The highest BCUT2D eigenvalue weighted by Crippen LogP contribution is 2.30. The number of aromatic amines is 1. The number of ether oxygens (including phenoxy) is 1. The molecule has 0 aliphatic rings. The van der Waals surface area contributed by atoms with Crippen molar-refractivity contribution in [3.63, 3.8) is 0 Å². The Morgan fingerprint density at radius 1 is 1.46 bits per heavy atom. The quantitative estimate of drug-likeness (QED) is 0.685. The van der Waals surface area contributed by atoms with Crippen LogP contribution in [0.2, 0.25) is 0 Å². The number of aromatic nitrogens is 2. The number of carboxylic acids is 1. The number of benzene rings is 1. The van der Waals surface area contributed by atoms with Crippen molar-refractivity contribution in [2.45, 2.75) is 12.6 Å². The first-order valence-electron chi connectivity index (χ1n) is 7.63. The van der Waals surface area contributed by atoms with Gasteiger partial charge in [0, 0.05) is 5.56 Å². The lowest BCUT2D eigenvalue weighted by molar-refractivity contribution is -0.143. The average molecular weight is 377 g/mol. The van der Waals surface area contributed by atoms with Gasteiger partial charge in [-0.2, -0.15) is 0 Å².